The zero-order valence-electron chi connectivity index (χ0n) is 12.7. The van der Waals surface area contributed by atoms with Crippen molar-refractivity contribution in [3.8, 4) is 5.75 Å². The lowest BCUT2D eigenvalue weighted by Gasteiger charge is -2.34. The number of nitrogens with one attached hydrogen (secondary N) is 1. The predicted molar refractivity (Wildman–Crippen MR) is 81.0 cm³/mol. The van der Waals surface area contributed by atoms with Gasteiger partial charge in [0.25, 0.3) is 0 Å². The van der Waals surface area contributed by atoms with Gasteiger partial charge in [-0.25, -0.2) is 4.39 Å². The molecule has 1 N–H and O–H groups in total. The predicted octanol–water partition coefficient (Wildman–Crippen LogP) is 3.05. The van der Waals surface area contributed by atoms with Gasteiger partial charge in [-0.3, -0.25) is 0 Å². The van der Waals surface area contributed by atoms with E-state index in [1.54, 1.807) is 7.11 Å². The minimum Gasteiger partial charge on any atom is -0.494 e. The second-order valence-electron chi connectivity index (χ2n) is 5.67. The third-order valence-electron chi connectivity index (χ3n) is 4.01. The summed E-state index contributed by atoms with van der Waals surface area (Å²) in [5.74, 6) is 0.927. The van der Waals surface area contributed by atoms with Gasteiger partial charge < -0.3 is 15.0 Å². The highest BCUT2D eigenvalue weighted by Crippen LogP contribution is 2.30. The van der Waals surface area contributed by atoms with Crippen molar-refractivity contribution in [1.82, 2.24) is 5.32 Å². The summed E-state index contributed by atoms with van der Waals surface area (Å²) in [5.41, 5.74) is 0.998. The summed E-state index contributed by atoms with van der Waals surface area (Å²) >= 11 is 0. The first-order valence-electron chi connectivity index (χ1n) is 7.46. The lowest BCUT2D eigenvalue weighted by atomic mass is 10.0. The van der Waals surface area contributed by atoms with Gasteiger partial charge in [-0.2, -0.15) is 0 Å². The SMILES string of the molecule is CCC1CCN(c2ccc(F)cc2OC)CC(C)CN1. The first-order chi connectivity index (χ1) is 9.63. The van der Waals surface area contributed by atoms with E-state index in [0.29, 0.717) is 17.7 Å². The maximum absolute atomic E-state index is 13.3. The zero-order valence-corrected chi connectivity index (χ0v) is 12.7. The highest BCUT2D eigenvalue weighted by molar-refractivity contribution is 5.58. The van der Waals surface area contributed by atoms with E-state index < -0.39 is 0 Å². The molecule has 0 saturated carbocycles. The maximum Gasteiger partial charge on any atom is 0.145 e. The van der Waals surface area contributed by atoms with Gasteiger partial charge in [-0.05, 0) is 37.4 Å². The molecule has 2 rings (SSSR count). The van der Waals surface area contributed by atoms with E-state index in [0.717, 1.165) is 38.2 Å². The first-order valence-corrected chi connectivity index (χ1v) is 7.46. The van der Waals surface area contributed by atoms with E-state index in [1.807, 2.05) is 6.07 Å². The molecule has 2 atom stereocenters. The van der Waals surface area contributed by atoms with E-state index >= 15 is 0 Å². The third-order valence-corrected chi connectivity index (χ3v) is 4.01. The number of nitrogens with zero attached hydrogens (tertiary/aromatic N) is 1. The van der Waals surface area contributed by atoms with E-state index in [9.17, 15) is 4.39 Å². The average molecular weight is 280 g/mol. The normalized spacial score (nSPS) is 24.1. The average Bonchev–Trinajstić information content (AvgIpc) is 2.43. The summed E-state index contributed by atoms with van der Waals surface area (Å²) < 4.78 is 18.7. The van der Waals surface area contributed by atoms with Crippen LogP contribution in [0.5, 0.6) is 5.75 Å². The molecule has 0 spiro atoms. The van der Waals surface area contributed by atoms with Crippen molar-refractivity contribution in [1.29, 1.82) is 0 Å². The van der Waals surface area contributed by atoms with Crippen molar-refractivity contribution in [2.24, 2.45) is 5.92 Å². The maximum atomic E-state index is 13.3. The molecule has 1 aliphatic heterocycles. The van der Waals surface area contributed by atoms with E-state index in [4.69, 9.17) is 4.74 Å². The van der Waals surface area contributed by atoms with Gasteiger partial charge in [-0.15, -0.1) is 0 Å². The molecule has 0 aliphatic carbocycles. The van der Waals surface area contributed by atoms with Crippen LogP contribution >= 0.6 is 0 Å². The van der Waals surface area contributed by atoms with Gasteiger partial charge in [0.05, 0.1) is 12.8 Å². The Morgan fingerprint density at radius 1 is 1.45 bits per heavy atom. The van der Waals surface area contributed by atoms with Crippen LogP contribution in [-0.4, -0.2) is 32.8 Å². The van der Waals surface area contributed by atoms with Crippen molar-refractivity contribution in [2.45, 2.75) is 32.7 Å². The molecule has 1 heterocycles. The Morgan fingerprint density at radius 2 is 2.25 bits per heavy atom. The Balaban J connectivity index is 2.20. The van der Waals surface area contributed by atoms with Crippen molar-refractivity contribution in [3.63, 3.8) is 0 Å². The van der Waals surface area contributed by atoms with Crippen LogP contribution in [-0.2, 0) is 0 Å². The minimum absolute atomic E-state index is 0.251. The number of hydrogen-bond donors (Lipinski definition) is 1. The third kappa shape index (κ3) is 3.63. The molecule has 4 heteroatoms. The number of ether oxygens (including phenoxy) is 1. The molecule has 1 saturated heterocycles. The highest BCUT2D eigenvalue weighted by atomic mass is 19.1. The molecule has 2 unspecified atom stereocenters. The molecular formula is C16H25FN2O. The van der Waals surface area contributed by atoms with Crippen LogP contribution < -0.4 is 15.0 Å². The largest absolute Gasteiger partial charge is 0.494 e. The zero-order chi connectivity index (χ0) is 14.5. The molecule has 1 aromatic rings. The second-order valence-corrected chi connectivity index (χ2v) is 5.67. The summed E-state index contributed by atoms with van der Waals surface area (Å²) in [4.78, 5) is 2.33. The van der Waals surface area contributed by atoms with Crippen LogP contribution in [0.1, 0.15) is 26.7 Å². The quantitative estimate of drug-likeness (QED) is 0.921. The van der Waals surface area contributed by atoms with Crippen molar-refractivity contribution >= 4 is 5.69 Å². The van der Waals surface area contributed by atoms with Gasteiger partial charge in [-0.1, -0.05) is 13.8 Å². The van der Waals surface area contributed by atoms with Crippen LogP contribution in [0.3, 0.4) is 0 Å². The summed E-state index contributed by atoms with van der Waals surface area (Å²) in [5, 5.41) is 3.61. The smallest absolute Gasteiger partial charge is 0.145 e. The Morgan fingerprint density at radius 3 is 2.95 bits per heavy atom. The van der Waals surface area contributed by atoms with Crippen LogP contribution in [0.2, 0.25) is 0 Å². The topological polar surface area (TPSA) is 24.5 Å². The Hall–Kier alpha value is -1.29. The molecule has 1 fully saturated rings. The lowest BCUT2D eigenvalue weighted by molar-refractivity contribution is 0.380. The molecule has 3 nitrogen and oxygen atoms in total. The summed E-state index contributed by atoms with van der Waals surface area (Å²) in [6.45, 7) is 7.42. The lowest BCUT2D eigenvalue weighted by Crippen LogP contribution is -2.43. The van der Waals surface area contributed by atoms with E-state index in [1.165, 1.54) is 12.1 Å². The summed E-state index contributed by atoms with van der Waals surface area (Å²) in [7, 11) is 1.60. The summed E-state index contributed by atoms with van der Waals surface area (Å²) in [6, 6.07) is 5.37. The van der Waals surface area contributed by atoms with Gasteiger partial charge in [0.15, 0.2) is 0 Å². The molecule has 1 aliphatic rings. The molecule has 0 amide bonds. The number of halogens is 1. The second kappa shape index (κ2) is 6.93. The van der Waals surface area contributed by atoms with Gasteiger partial charge in [0, 0.05) is 25.2 Å². The van der Waals surface area contributed by atoms with Crippen LogP contribution in [0.25, 0.3) is 0 Å². The monoisotopic (exact) mass is 280 g/mol. The molecule has 0 aromatic heterocycles. The van der Waals surface area contributed by atoms with Crippen molar-refractivity contribution < 1.29 is 9.13 Å². The van der Waals surface area contributed by atoms with Gasteiger partial charge in [0.2, 0.25) is 0 Å². The number of benzene rings is 1. The molecule has 0 bridgehead atoms. The molecule has 1 aromatic carbocycles. The fourth-order valence-corrected chi connectivity index (χ4v) is 2.79. The van der Waals surface area contributed by atoms with Crippen LogP contribution in [0.15, 0.2) is 18.2 Å². The highest BCUT2D eigenvalue weighted by Gasteiger charge is 2.20. The van der Waals surface area contributed by atoms with Crippen molar-refractivity contribution in [3.05, 3.63) is 24.0 Å². The minimum atomic E-state index is -0.251. The standard InChI is InChI=1S/C16H25FN2O/c1-4-14-7-8-19(11-12(2)10-18-14)15-6-5-13(17)9-16(15)20-3/h5-6,9,12,14,18H,4,7-8,10-11H2,1-3H3. The van der Waals surface area contributed by atoms with Crippen molar-refractivity contribution in [2.75, 3.05) is 31.6 Å². The molecule has 112 valence electrons. The Labute approximate surface area is 121 Å². The Bertz CT molecular complexity index is 438. The molecule has 0 radical (unpaired) electrons. The number of rotatable bonds is 3. The van der Waals surface area contributed by atoms with Crippen LogP contribution in [0.4, 0.5) is 10.1 Å². The van der Waals surface area contributed by atoms with E-state index in [2.05, 4.69) is 24.1 Å². The number of hydrogen-bond acceptors (Lipinski definition) is 3. The van der Waals surface area contributed by atoms with Gasteiger partial charge in [0.1, 0.15) is 11.6 Å². The number of methoxy groups -OCH3 is 1. The fourth-order valence-electron chi connectivity index (χ4n) is 2.79. The Kier molecular flexibility index (Phi) is 5.24. The van der Waals surface area contributed by atoms with Crippen LogP contribution in [0, 0.1) is 11.7 Å². The molecule has 20 heavy (non-hydrogen) atoms. The first kappa shape index (κ1) is 15.1. The molecular weight excluding hydrogens is 255 g/mol. The fraction of sp³-hybridized carbons (Fsp3) is 0.625. The van der Waals surface area contributed by atoms with Gasteiger partial charge >= 0.3 is 0 Å². The summed E-state index contributed by atoms with van der Waals surface area (Å²) in [6.07, 6.45) is 2.24. The van der Waals surface area contributed by atoms with E-state index in [-0.39, 0.29) is 5.82 Å². The number of anilines is 1.